The minimum Gasteiger partial charge on any atom is -0.370 e. The number of nitrogens with zero attached hydrogens (tertiary/aromatic N) is 4. The number of likely N-dealkylation sites (tertiary alicyclic amines) is 1. The molecule has 5 nitrogen and oxygen atoms in total. The van der Waals surface area contributed by atoms with Crippen molar-refractivity contribution in [2.45, 2.75) is 38.5 Å². The number of unbranched alkanes of at least 4 members (excludes halogenated alkanes) is 2. The summed E-state index contributed by atoms with van der Waals surface area (Å²) in [5.41, 5.74) is 2.56. The third kappa shape index (κ3) is 5.11. The zero-order chi connectivity index (χ0) is 20.1. The molecule has 1 aliphatic rings. The van der Waals surface area contributed by atoms with Crippen LogP contribution in [0.1, 0.15) is 38.5 Å². The molecule has 1 aromatic carbocycles. The summed E-state index contributed by atoms with van der Waals surface area (Å²) in [6.07, 6.45) is 9.56. The second kappa shape index (κ2) is 9.92. The van der Waals surface area contributed by atoms with Crippen LogP contribution in [-0.2, 0) is 0 Å². The topological polar surface area (TPSA) is 45.5 Å². The number of piperidine rings is 1. The quantitative estimate of drug-likeness (QED) is 0.412. The molecule has 0 bridgehead atoms. The molecule has 29 heavy (non-hydrogen) atoms. The van der Waals surface area contributed by atoms with Crippen molar-refractivity contribution in [3.05, 3.63) is 46.0 Å². The van der Waals surface area contributed by atoms with Crippen molar-refractivity contribution < 1.29 is 0 Å². The van der Waals surface area contributed by atoms with Gasteiger partial charge in [0, 0.05) is 23.2 Å². The van der Waals surface area contributed by atoms with Crippen molar-refractivity contribution in [2.24, 2.45) is 0 Å². The number of aromatic nitrogens is 3. The Labute approximate surface area is 185 Å². The van der Waals surface area contributed by atoms with E-state index in [0.717, 1.165) is 40.2 Å². The minimum atomic E-state index is 0.698. The van der Waals surface area contributed by atoms with Gasteiger partial charge in [-0.05, 0) is 67.3 Å². The number of anilines is 1. The smallest absolute Gasteiger partial charge is 0.172 e. The molecule has 3 aromatic rings. The molecule has 0 unspecified atom stereocenters. The molecule has 2 aromatic heterocycles. The molecule has 0 radical (unpaired) electrons. The predicted octanol–water partition coefficient (Wildman–Crippen LogP) is 5.88. The number of benzene rings is 1. The summed E-state index contributed by atoms with van der Waals surface area (Å²) >= 11 is 9.96. The fraction of sp³-hybridized carbons (Fsp3) is 0.455. The third-order valence-corrected chi connectivity index (χ3v) is 6.37. The van der Waals surface area contributed by atoms with Crippen LogP contribution >= 0.6 is 27.5 Å². The maximum Gasteiger partial charge on any atom is 0.172 e. The lowest BCUT2D eigenvalue weighted by molar-refractivity contribution is 0.224. The van der Waals surface area contributed by atoms with Crippen LogP contribution in [0, 0.1) is 0 Å². The zero-order valence-corrected chi connectivity index (χ0v) is 18.9. The van der Waals surface area contributed by atoms with Gasteiger partial charge in [0.25, 0.3) is 0 Å². The molecule has 1 saturated heterocycles. The van der Waals surface area contributed by atoms with E-state index < -0.39 is 0 Å². The molecule has 0 amide bonds. The maximum atomic E-state index is 6.40. The highest BCUT2D eigenvalue weighted by molar-refractivity contribution is 9.10. The fourth-order valence-electron chi connectivity index (χ4n) is 3.91. The Morgan fingerprint density at radius 2 is 1.90 bits per heavy atom. The summed E-state index contributed by atoms with van der Waals surface area (Å²) in [5, 5.41) is 8.71. The summed E-state index contributed by atoms with van der Waals surface area (Å²) in [6, 6.07) is 9.83. The Morgan fingerprint density at radius 1 is 1.07 bits per heavy atom. The van der Waals surface area contributed by atoms with E-state index in [1.165, 1.54) is 51.7 Å². The highest BCUT2D eigenvalue weighted by atomic mass is 79.9. The van der Waals surface area contributed by atoms with Crippen molar-refractivity contribution in [3.63, 3.8) is 0 Å². The van der Waals surface area contributed by atoms with Gasteiger partial charge in [-0.15, -0.1) is 0 Å². The van der Waals surface area contributed by atoms with E-state index in [4.69, 9.17) is 16.6 Å². The molecule has 0 saturated carbocycles. The second-order valence-corrected chi connectivity index (χ2v) is 8.89. The van der Waals surface area contributed by atoms with Gasteiger partial charge in [0.2, 0.25) is 0 Å². The van der Waals surface area contributed by atoms with E-state index in [1.54, 1.807) is 6.20 Å². The van der Waals surface area contributed by atoms with Crippen molar-refractivity contribution in [3.8, 4) is 11.3 Å². The van der Waals surface area contributed by atoms with Gasteiger partial charge >= 0.3 is 0 Å². The number of halogens is 2. The van der Waals surface area contributed by atoms with Gasteiger partial charge in [-0.1, -0.05) is 42.6 Å². The number of hydrogen-bond acceptors (Lipinski definition) is 4. The lowest BCUT2D eigenvalue weighted by Gasteiger charge is -2.26. The number of rotatable bonds is 8. The first kappa shape index (κ1) is 20.6. The van der Waals surface area contributed by atoms with Crippen LogP contribution in [0.25, 0.3) is 16.9 Å². The van der Waals surface area contributed by atoms with E-state index in [1.807, 2.05) is 34.8 Å². The van der Waals surface area contributed by atoms with Gasteiger partial charge in [0.15, 0.2) is 5.65 Å². The molecule has 1 aliphatic heterocycles. The molecule has 4 rings (SSSR count). The first-order valence-corrected chi connectivity index (χ1v) is 11.6. The average Bonchev–Trinajstić information content (AvgIpc) is 3.12. The van der Waals surface area contributed by atoms with Crippen molar-refractivity contribution in [1.82, 2.24) is 19.5 Å². The van der Waals surface area contributed by atoms with Crippen LogP contribution in [-0.4, -0.2) is 45.7 Å². The molecule has 0 aliphatic carbocycles. The van der Waals surface area contributed by atoms with Crippen LogP contribution in [0.15, 0.2) is 41.0 Å². The molecule has 3 heterocycles. The Morgan fingerprint density at radius 3 is 2.72 bits per heavy atom. The van der Waals surface area contributed by atoms with E-state index in [9.17, 15) is 0 Å². The fourth-order valence-corrected chi connectivity index (χ4v) is 4.49. The van der Waals surface area contributed by atoms with Gasteiger partial charge in [0.05, 0.1) is 16.4 Å². The number of nitrogens with one attached hydrogen (secondary N) is 1. The summed E-state index contributed by atoms with van der Waals surface area (Å²) in [6.45, 7) is 4.72. The van der Waals surface area contributed by atoms with E-state index in [0.29, 0.717) is 5.02 Å². The van der Waals surface area contributed by atoms with Gasteiger partial charge in [-0.3, -0.25) is 0 Å². The Balaban J connectivity index is 1.39. The summed E-state index contributed by atoms with van der Waals surface area (Å²) in [7, 11) is 0. The first-order valence-electron chi connectivity index (χ1n) is 10.5. The van der Waals surface area contributed by atoms with Gasteiger partial charge < -0.3 is 10.2 Å². The van der Waals surface area contributed by atoms with Gasteiger partial charge in [-0.25, -0.2) is 4.98 Å². The normalized spacial score (nSPS) is 15.1. The van der Waals surface area contributed by atoms with Crippen LogP contribution in [0.3, 0.4) is 0 Å². The SMILES string of the molecule is Clc1ccccc1-c1cc(NCCCCCN2CCCCC2)n2ncc(Br)c2n1. The molecule has 7 heteroatoms. The Bertz CT molecular complexity index is 952. The van der Waals surface area contributed by atoms with Crippen LogP contribution in [0.4, 0.5) is 5.82 Å². The molecule has 0 atom stereocenters. The largest absolute Gasteiger partial charge is 0.370 e. The second-order valence-electron chi connectivity index (χ2n) is 7.62. The molecular weight excluding hydrogens is 450 g/mol. The van der Waals surface area contributed by atoms with Crippen LogP contribution in [0.5, 0.6) is 0 Å². The summed E-state index contributed by atoms with van der Waals surface area (Å²) in [5.74, 6) is 0.937. The van der Waals surface area contributed by atoms with Crippen molar-refractivity contribution in [2.75, 3.05) is 31.5 Å². The average molecular weight is 477 g/mol. The van der Waals surface area contributed by atoms with Gasteiger partial charge in [-0.2, -0.15) is 9.61 Å². The predicted molar refractivity (Wildman–Crippen MR) is 124 cm³/mol. The first-order chi connectivity index (χ1) is 14.2. The van der Waals surface area contributed by atoms with E-state index in [-0.39, 0.29) is 0 Å². The van der Waals surface area contributed by atoms with Crippen molar-refractivity contribution >= 4 is 39.0 Å². The zero-order valence-electron chi connectivity index (χ0n) is 16.6. The summed E-state index contributed by atoms with van der Waals surface area (Å²) in [4.78, 5) is 7.37. The van der Waals surface area contributed by atoms with Crippen molar-refractivity contribution in [1.29, 1.82) is 0 Å². The van der Waals surface area contributed by atoms with E-state index >= 15 is 0 Å². The van der Waals surface area contributed by atoms with Gasteiger partial charge in [0.1, 0.15) is 5.82 Å². The molecule has 0 spiro atoms. The third-order valence-electron chi connectivity index (χ3n) is 5.48. The highest BCUT2D eigenvalue weighted by Crippen LogP contribution is 2.30. The molecule has 1 fully saturated rings. The number of hydrogen-bond donors (Lipinski definition) is 1. The van der Waals surface area contributed by atoms with E-state index in [2.05, 4.69) is 31.2 Å². The minimum absolute atomic E-state index is 0.698. The molecule has 154 valence electrons. The number of fused-ring (bicyclic) bond motifs is 1. The Kier molecular flexibility index (Phi) is 7.06. The highest BCUT2D eigenvalue weighted by Gasteiger charge is 2.13. The monoisotopic (exact) mass is 475 g/mol. The standard InChI is InChI=1S/C22H27BrClN5/c23-18-16-26-29-21(25-11-5-1-6-12-28-13-7-2-8-14-28)15-20(27-22(18)29)17-9-3-4-10-19(17)24/h3-4,9-10,15-16,25H,1-2,5-8,11-14H2. The summed E-state index contributed by atoms with van der Waals surface area (Å²) < 4.78 is 2.72. The lowest BCUT2D eigenvalue weighted by Crippen LogP contribution is -2.30. The van der Waals surface area contributed by atoms with Crippen LogP contribution < -0.4 is 5.32 Å². The molecular formula is C22H27BrClN5. The maximum absolute atomic E-state index is 6.40. The molecule has 1 N–H and O–H groups in total. The van der Waals surface area contributed by atoms with Crippen LogP contribution in [0.2, 0.25) is 5.02 Å². The lowest BCUT2D eigenvalue weighted by atomic mass is 10.1. The Hall–Kier alpha value is -1.63.